The van der Waals surface area contributed by atoms with Crippen LogP contribution < -0.4 is 10.6 Å². The molecule has 1 fully saturated rings. The van der Waals surface area contributed by atoms with Crippen LogP contribution in [0.2, 0.25) is 5.02 Å². The molecule has 5 rings (SSSR count). The van der Waals surface area contributed by atoms with E-state index in [2.05, 4.69) is 10.6 Å². The lowest BCUT2D eigenvalue weighted by Crippen LogP contribution is -2.44. The quantitative estimate of drug-likeness (QED) is 0.513. The zero-order valence-electron chi connectivity index (χ0n) is 18.5. The number of nitrogens with zero attached hydrogens (tertiary/aromatic N) is 1. The standard InChI is InChI=1S/C26H23ClFN3O3/c1-29-17-8-10-31(11-9-17)26(33)21-12-15(2-5-22(21)27)24-7-4-18(34-24)14-20-19-13-16(28)3-6-23(19)30-25(20)32/h2-7,12-14,17,29H,8-11H2,1H3,(H,30,32)/b20-14+. The Morgan fingerprint density at radius 2 is 1.97 bits per heavy atom. The summed E-state index contributed by atoms with van der Waals surface area (Å²) >= 11 is 6.37. The maximum Gasteiger partial charge on any atom is 0.256 e. The molecule has 0 bridgehead atoms. The van der Waals surface area contributed by atoms with E-state index in [-0.39, 0.29) is 11.8 Å². The van der Waals surface area contributed by atoms with Gasteiger partial charge in [-0.2, -0.15) is 0 Å². The van der Waals surface area contributed by atoms with E-state index in [1.165, 1.54) is 18.2 Å². The van der Waals surface area contributed by atoms with Crippen molar-refractivity contribution in [2.24, 2.45) is 0 Å². The molecule has 0 atom stereocenters. The summed E-state index contributed by atoms with van der Waals surface area (Å²) in [4.78, 5) is 27.3. The van der Waals surface area contributed by atoms with E-state index in [9.17, 15) is 14.0 Å². The molecule has 1 saturated heterocycles. The largest absolute Gasteiger partial charge is 0.457 e. The van der Waals surface area contributed by atoms with Gasteiger partial charge in [0.05, 0.1) is 16.2 Å². The zero-order chi connectivity index (χ0) is 23.8. The number of furan rings is 1. The van der Waals surface area contributed by atoms with Gasteiger partial charge in [0.25, 0.3) is 11.8 Å². The van der Waals surface area contributed by atoms with Crippen LogP contribution in [0.25, 0.3) is 23.0 Å². The third kappa shape index (κ3) is 4.24. The number of benzene rings is 2. The molecule has 2 aliphatic heterocycles. The van der Waals surface area contributed by atoms with E-state index < -0.39 is 5.82 Å². The summed E-state index contributed by atoms with van der Waals surface area (Å²) < 4.78 is 19.6. The van der Waals surface area contributed by atoms with Gasteiger partial charge in [-0.15, -0.1) is 0 Å². The van der Waals surface area contributed by atoms with Crippen molar-refractivity contribution in [3.63, 3.8) is 0 Å². The van der Waals surface area contributed by atoms with Crippen molar-refractivity contribution in [2.75, 3.05) is 25.5 Å². The van der Waals surface area contributed by atoms with Crippen molar-refractivity contribution in [2.45, 2.75) is 18.9 Å². The van der Waals surface area contributed by atoms with Crippen molar-refractivity contribution in [3.05, 3.63) is 76.3 Å². The molecule has 3 heterocycles. The van der Waals surface area contributed by atoms with Crippen molar-refractivity contribution < 1.29 is 18.4 Å². The highest BCUT2D eigenvalue weighted by Crippen LogP contribution is 2.35. The van der Waals surface area contributed by atoms with E-state index in [0.717, 1.165) is 12.8 Å². The normalized spacial score (nSPS) is 17.2. The Kier molecular flexibility index (Phi) is 5.98. The average molecular weight is 480 g/mol. The van der Waals surface area contributed by atoms with Gasteiger partial charge in [0.1, 0.15) is 17.3 Å². The molecule has 2 N–H and O–H groups in total. The fourth-order valence-electron chi connectivity index (χ4n) is 4.42. The minimum atomic E-state index is -0.421. The molecule has 0 unspecified atom stereocenters. The Hall–Kier alpha value is -3.42. The minimum absolute atomic E-state index is 0.100. The number of fused-ring (bicyclic) bond motifs is 1. The first-order valence-electron chi connectivity index (χ1n) is 11.1. The smallest absolute Gasteiger partial charge is 0.256 e. The van der Waals surface area contributed by atoms with Crippen LogP contribution in [0.4, 0.5) is 10.1 Å². The summed E-state index contributed by atoms with van der Waals surface area (Å²) in [5.74, 6) is 0.130. The fraction of sp³-hybridized carbons (Fsp3) is 0.231. The van der Waals surface area contributed by atoms with Crippen molar-refractivity contribution in [3.8, 4) is 11.3 Å². The van der Waals surface area contributed by atoms with Gasteiger partial charge in [0.2, 0.25) is 0 Å². The molecule has 2 aromatic carbocycles. The molecule has 8 heteroatoms. The minimum Gasteiger partial charge on any atom is -0.457 e. The molecule has 3 aromatic rings. The topological polar surface area (TPSA) is 74.6 Å². The maximum atomic E-state index is 13.7. The number of hydrogen-bond acceptors (Lipinski definition) is 4. The first kappa shape index (κ1) is 22.4. The lowest BCUT2D eigenvalue weighted by molar-refractivity contribution is -0.110. The number of likely N-dealkylation sites (tertiary alicyclic amines) is 1. The highest BCUT2D eigenvalue weighted by molar-refractivity contribution is 6.35. The number of nitrogens with one attached hydrogen (secondary N) is 2. The molecular formula is C26H23ClFN3O3. The predicted molar refractivity (Wildman–Crippen MR) is 130 cm³/mol. The van der Waals surface area contributed by atoms with E-state index in [0.29, 0.717) is 63.6 Å². The molecule has 6 nitrogen and oxygen atoms in total. The Balaban J connectivity index is 1.40. The van der Waals surface area contributed by atoms with Gasteiger partial charge in [-0.05, 0) is 74.5 Å². The number of carbonyl (C=O) groups excluding carboxylic acids is 2. The molecule has 2 aliphatic rings. The molecule has 34 heavy (non-hydrogen) atoms. The van der Waals surface area contributed by atoms with Crippen LogP contribution in [0.15, 0.2) is 52.9 Å². The Labute approximate surface area is 201 Å². The van der Waals surface area contributed by atoms with Crippen LogP contribution in [-0.4, -0.2) is 42.9 Å². The number of anilines is 1. The fourth-order valence-corrected chi connectivity index (χ4v) is 4.61. The lowest BCUT2D eigenvalue weighted by atomic mass is 10.0. The summed E-state index contributed by atoms with van der Waals surface area (Å²) in [5.41, 5.74) is 2.50. The van der Waals surface area contributed by atoms with Gasteiger partial charge in [0.15, 0.2) is 0 Å². The van der Waals surface area contributed by atoms with Gasteiger partial charge >= 0.3 is 0 Å². The van der Waals surface area contributed by atoms with Crippen molar-refractivity contribution >= 4 is 40.8 Å². The second kappa shape index (κ2) is 9.08. The van der Waals surface area contributed by atoms with Crippen LogP contribution in [-0.2, 0) is 4.79 Å². The van der Waals surface area contributed by atoms with E-state index >= 15 is 0 Å². The zero-order valence-corrected chi connectivity index (χ0v) is 19.3. The first-order chi connectivity index (χ1) is 16.4. The summed E-state index contributed by atoms with van der Waals surface area (Å²) in [6.07, 6.45) is 3.38. The number of amides is 2. The molecular weight excluding hydrogens is 457 g/mol. The highest BCUT2D eigenvalue weighted by Gasteiger charge is 2.26. The second-order valence-corrected chi connectivity index (χ2v) is 8.86. The van der Waals surface area contributed by atoms with E-state index in [4.69, 9.17) is 16.0 Å². The van der Waals surface area contributed by atoms with Crippen molar-refractivity contribution in [1.82, 2.24) is 10.2 Å². The highest BCUT2D eigenvalue weighted by atomic mass is 35.5. The van der Waals surface area contributed by atoms with E-state index in [1.54, 1.807) is 36.4 Å². The third-order valence-electron chi connectivity index (χ3n) is 6.35. The molecule has 0 spiro atoms. The summed E-state index contributed by atoms with van der Waals surface area (Å²) in [6, 6.07) is 13.3. The molecule has 0 saturated carbocycles. The summed E-state index contributed by atoms with van der Waals surface area (Å²) in [7, 11) is 1.94. The number of halogens is 2. The Morgan fingerprint density at radius 3 is 2.74 bits per heavy atom. The van der Waals surface area contributed by atoms with Crippen LogP contribution in [0.3, 0.4) is 0 Å². The molecule has 1 aromatic heterocycles. The molecule has 2 amide bonds. The first-order valence-corrected chi connectivity index (χ1v) is 11.5. The second-order valence-electron chi connectivity index (χ2n) is 8.45. The average Bonchev–Trinajstić information content (AvgIpc) is 3.44. The van der Waals surface area contributed by atoms with Gasteiger partial charge in [-0.3, -0.25) is 9.59 Å². The van der Waals surface area contributed by atoms with Gasteiger partial charge in [-0.1, -0.05) is 11.6 Å². The number of hydrogen-bond donors (Lipinski definition) is 2. The van der Waals surface area contributed by atoms with Crippen molar-refractivity contribution in [1.29, 1.82) is 0 Å². The van der Waals surface area contributed by atoms with Gasteiger partial charge < -0.3 is 20.0 Å². The summed E-state index contributed by atoms with van der Waals surface area (Å²) in [6.45, 7) is 1.35. The van der Waals surface area contributed by atoms with Gasteiger partial charge in [-0.25, -0.2) is 4.39 Å². The molecule has 0 radical (unpaired) electrons. The maximum absolute atomic E-state index is 13.7. The predicted octanol–water partition coefficient (Wildman–Crippen LogP) is 5.06. The Bertz CT molecular complexity index is 1310. The van der Waals surface area contributed by atoms with E-state index in [1.807, 2.05) is 11.9 Å². The Morgan fingerprint density at radius 1 is 1.18 bits per heavy atom. The number of rotatable bonds is 4. The third-order valence-corrected chi connectivity index (χ3v) is 6.68. The van der Waals surface area contributed by atoms with Gasteiger partial charge in [0, 0.05) is 35.9 Å². The number of carbonyl (C=O) groups is 2. The van der Waals surface area contributed by atoms with Crippen LogP contribution in [0.5, 0.6) is 0 Å². The molecule has 0 aliphatic carbocycles. The molecule has 174 valence electrons. The van der Waals surface area contributed by atoms with Crippen LogP contribution in [0.1, 0.15) is 34.5 Å². The van der Waals surface area contributed by atoms with Crippen LogP contribution >= 0.6 is 11.6 Å². The number of piperidine rings is 1. The lowest BCUT2D eigenvalue weighted by Gasteiger charge is -2.32. The van der Waals surface area contributed by atoms with Crippen LogP contribution in [0, 0.1) is 5.82 Å². The summed E-state index contributed by atoms with van der Waals surface area (Å²) in [5, 5.41) is 6.37. The monoisotopic (exact) mass is 479 g/mol. The SMILES string of the molecule is CNC1CCN(C(=O)c2cc(-c3ccc(/C=C4/C(=O)Nc5ccc(F)cc54)o3)ccc2Cl)CC1.